The molecule has 0 aromatic carbocycles. The Morgan fingerprint density at radius 3 is 2.70 bits per heavy atom. The summed E-state index contributed by atoms with van der Waals surface area (Å²) in [6.07, 6.45) is 1.59. The number of nitrogens with zero attached hydrogens (tertiary/aromatic N) is 2. The molecule has 0 saturated carbocycles. The van der Waals surface area contributed by atoms with Gasteiger partial charge in [0.2, 0.25) is 0 Å². The van der Waals surface area contributed by atoms with Gasteiger partial charge in [-0.2, -0.15) is 32.7 Å². The van der Waals surface area contributed by atoms with Crippen LogP contribution in [0.5, 0.6) is 0 Å². The summed E-state index contributed by atoms with van der Waals surface area (Å²) in [5.41, 5.74) is 0.428. The zero-order chi connectivity index (χ0) is 6.69. The van der Waals surface area contributed by atoms with Crippen LogP contribution in [0.1, 0.15) is 5.69 Å². The van der Waals surface area contributed by atoms with E-state index < -0.39 is 0 Å². The maximum absolute atomic E-state index is 8.76. The van der Waals surface area contributed by atoms with E-state index in [1.54, 1.807) is 18.3 Å². The monoisotopic (exact) mass is 418 g/mol. The van der Waals surface area contributed by atoms with E-state index in [9.17, 15) is 0 Å². The van der Waals surface area contributed by atoms with Crippen LogP contribution < -0.4 is 0 Å². The first-order valence-corrected chi connectivity index (χ1v) is 3.14. The van der Waals surface area contributed by atoms with Gasteiger partial charge in [-0.3, -0.25) is 4.98 Å². The summed E-state index contributed by atoms with van der Waals surface area (Å²) in [6, 6.07) is 6.14. The minimum absolute atomic E-state index is 0. The number of pyridine rings is 1. The first kappa shape index (κ1) is 10.3. The number of hydrogen-bond acceptors (Lipinski definition) is 1. The van der Waals surface area contributed by atoms with Crippen molar-refractivity contribution in [2.75, 3.05) is 0 Å². The van der Waals surface area contributed by atoms with Crippen LogP contribution >= 0.6 is 15.9 Å². The zero-order valence-electron chi connectivity index (χ0n) is 4.95. The molecule has 0 bridgehead atoms. The Kier molecular flexibility index (Phi) is 5.19. The molecule has 0 unspecified atom stereocenters. The van der Waals surface area contributed by atoms with Gasteiger partial charge in [-0.25, -0.2) is 0 Å². The van der Waals surface area contributed by atoms with E-state index in [4.69, 9.17) is 5.41 Å². The summed E-state index contributed by atoms with van der Waals surface area (Å²) in [6.45, 7) is 0. The molecule has 1 rings (SSSR count). The Morgan fingerprint density at radius 1 is 1.70 bits per heavy atom. The van der Waals surface area contributed by atoms with Gasteiger partial charge in [0.25, 0.3) is 0 Å². The van der Waals surface area contributed by atoms with Crippen molar-refractivity contribution >= 4 is 20.6 Å². The molecule has 0 aliphatic rings. The van der Waals surface area contributed by atoms with Crippen LogP contribution in [0.15, 0.2) is 18.3 Å². The zero-order valence-corrected chi connectivity index (χ0v) is 10.3. The second kappa shape index (κ2) is 5.03. The standard InChI is InChI=1S/C6H3BrN2.Np/c7-6(8)5-3-1-2-4-9-5;/h1-2,4H;/q-2;. The molecule has 0 spiro atoms. The van der Waals surface area contributed by atoms with Crippen molar-refractivity contribution in [2.24, 2.45) is 0 Å². The molecule has 1 radical (unpaired) electrons. The summed E-state index contributed by atoms with van der Waals surface area (Å²) in [7, 11) is 0. The van der Waals surface area contributed by atoms with E-state index in [1.165, 1.54) is 0 Å². The van der Waals surface area contributed by atoms with Gasteiger partial charge in [0.1, 0.15) is 0 Å². The van der Waals surface area contributed by atoms with Gasteiger partial charge in [0.05, 0.1) is 0 Å². The molecule has 10 heavy (non-hydrogen) atoms. The van der Waals surface area contributed by atoms with E-state index in [1.807, 2.05) is 0 Å². The molecule has 0 N–H and O–H groups in total. The average Bonchev–Trinajstić information content (AvgIpc) is 1.90. The van der Waals surface area contributed by atoms with Crippen molar-refractivity contribution in [3.63, 3.8) is 0 Å². The summed E-state index contributed by atoms with van der Waals surface area (Å²) in [4.78, 5) is 3.79. The molecule has 0 atom stereocenters. The molecular formula is C6H3BrN2Np-2. The summed E-state index contributed by atoms with van der Waals surface area (Å²) in [5, 5.41) is 8.76. The van der Waals surface area contributed by atoms with Gasteiger partial charge in [-0.1, -0.05) is 5.69 Å². The molecule has 1 aromatic heterocycles. The van der Waals surface area contributed by atoms with Crippen LogP contribution in [0, 0.1) is 36.0 Å². The van der Waals surface area contributed by atoms with Gasteiger partial charge < -0.3 is 5.41 Å². The summed E-state index contributed by atoms with van der Waals surface area (Å²) < 4.78 is 0.0168. The van der Waals surface area contributed by atoms with E-state index in [0.717, 1.165) is 0 Å². The average molecular weight is 420 g/mol. The molecule has 0 aliphatic heterocycles. The molecule has 51 valence electrons. The number of halogens is 1. The third-order valence-electron chi connectivity index (χ3n) is 0.801. The maximum atomic E-state index is 8.76. The van der Waals surface area contributed by atoms with E-state index >= 15 is 0 Å². The normalized spacial score (nSPS) is 8.10. The molecular weight excluding hydrogens is 417 g/mol. The SMILES string of the molecule is [N-]=C(Br)c1[c-]cccn1.[Np]. The van der Waals surface area contributed by atoms with Crippen molar-refractivity contribution in [1.29, 1.82) is 0 Å². The fourth-order valence-corrected chi connectivity index (χ4v) is 0.655. The van der Waals surface area contributed by atoms with E-state index in [2.05, 4.69) is 27.0 Å². The molecule has 2 nitrogen and oxygen atoms in total. The van der Waals surface area contributed by atoms with E-state index in [-0.39, 0.29) is 34.6 Å². The Labute approximate surface area is 90.3 Å². The predicted molar refractivity (Wildman–Crippen MR) is 39.5 cm³/mol. The largest absolute Gasteiger partial charge is 0.864 e. The van der Waals surface area contributed by atoms with Crippen LogP contribution in [0.2, 0.25) is 0 Å². The van der Waals surface area contributed by atoms with E-state index in [0.29, 0.717) is 5.69 Å². The quantitative estimate of drug-likeness (QED) is 0.503. The fraction of sp³-hybridized carbons (Fsp3) is 0. The topological polar surface area (TPSA) is 35.2 Å². The Balaban J connectivity index is 0.000000810. The van der Waals surface area contributed by atoms with Crippen LogP contribution in [0.25, 0.3) is 5.41 Å². The van der Waals surface area contributed by atoms with Gasteiger partial charge in [0.15, 0.2) is 0 Å². The van der Waals surface area contributed by atoms with Gasteiger partial charge in [0, 0.05) is 29.9 Å². The molecule has 0 fully saturated rings. The minimum atomic E-state index is 0. The van der Waals surface area contributed by atoms with Crippen molar-refractivity contribution in [2.45, 2.75) is 0 Å². The summed E-state index contributed by atoms with van der Waals surface area (Å²) >= 11 is 2.86. The third kappa shape index (κ3) is 2.93. The Morgan fingerprint density at radius 2 is 2.40 bits per heavy atom. The van der Waals surface area contributed by atoms with Crippen molar-refractivity contribution in [1.82, 2.24) is 4.98 Å². The van der Waals surface area contributed by atoms with Crippen molar-refractivity contribution < 1.29 is 29.9 Å². The maximum Gasteiger partial charge on any atom is 0 e. The molecule has 4 heteroatoms. The molecule has 0 saturated heterocycles. The molecule has 0 aliphatic carbocycles. The first-order chi connectivity index (χ1) is 4.30. The van der Waals surface area contributed by atoms with Gasteiger partial charge >= 0.3 is 0 Å². The van der Waals surface area contributed by atoms with Crippen LogP contribution in [-0.2, 0) is 0 Å². The Bertz CT molecular complexity index is 212. The number of hydrogen-bond donors (Lipinski definition) is 0. The minimum Gasteiger partial charge on any atom is -0.864 e. The van der Waals surface area contributed by atoms with Gasteiger partial charge in [-0.15, -0.1) is 6.07 Å². The van der Waals surface area contributed by atoms with Crippen molar-refractivity contribution in [3.8, 4) is 0 Å². The first-order valence-electron chi connectivity index (χ1n) is 2.35. The molecule has 0 amide bonds. The second-order valence-electron chi connectivity index (χ2n) is 1.42. The fourth-order valence-electron chi connectivity index (χ4n) is 0.438. The second-order valence-corrected chi connectivity index (χ2v) is 2.17. The van der Waals surface area contributed by atoms with Crippen molar-refractivity contribution in [3.05, 3.63) is 35.5 Å². The molecule has 1 aromatic rings. The smallest absolute Gasteiger partial charge is 0 e. The van der Waals surface area contributed by atoms with Crippen LogP contribution in [-0.4, -0.2) is 9.60 Å². The van der Waals surface area contributed by atoms with Crippen LogP contribution in [0.3, 0.4) is 0 Å². The van der Waals surface area contributed by atoms with Crippen LogP contribution in [0.4, 0.5) is 0 Å². The summed E-state index contributed by atoms with van der Waals surface area (Å²) in [5.74, 6) is 0. The number of rotatable bonds is 1. The third-order valence-corrected chi connectivity index (χ3v) is 1.18. The Hall–Kier alpha value is 0.313. The predicted octanol–water partition coefficient (Wildman–Crippen LogP) is 1.59. The number of aromatic nitrogens is 1. The van der Waals surface area contributed by atoms with Gasteiger partial charge in [-0.05, 0) is 6.20 Å². The molecule has 1 heterocycles.